The van der Waals surface area contributed by atoms with Crippen LogP contribution in [0, 0.1) is 0 Å². The van der Waals surface area contributed by atoms with Crippen molar-refractivity contribution in [2.75, 3.05) is 0 Å². The van der Waals surface area contributed by atoms with Gasteiger partial charge in [0.15, 0.2) is 0 Å². The van der Waals surface area contributed by atoms with Crippen molar-refractivity contribution in [3.63, 3.8) is 0 Å². The summed E-state index contributed by atoms with van der Waals surface area (Å²) in [6.07, 6.45) is 3.93. The molecule has 1 rings (SSSR count). The average Bonchev–Trinajstić information content (AvgIpc) is 2.40. The molecule has 0 aliphatic carbocycles. The highest BCUT2D eigenvalue weighted by atomic mass is 35.5. The number of aliphatic carboxylic acids is 1. The van der Waals surface area contributed by atoms with E-state index in [-0.39, 0.29) is 12.3 Å². The Bertz CT molecular complexity index is 489. The van der Waals surface area contributed by atoms with Gasteiger partial charge in [0.2, 0.25) is 5.91 Å². The monoisotopic (exact) mass is 296 g/mol. The molecule has 0 heterocycles. The lowest BCUT2D eigenvalue weighted by molar-refractivity contribution is -0.137. The Morgan fingerprint density at radius 1 is 1.20 bits per heavy atom. The number of carboxylic acids is 1. The molecule has 6 heteroatoms. The minimum absolute atomic E-state index is 0.145. The number of amides is 1. The van der Waals surface area contributed by atoms with Gasteiger partial charge in [0.1, 0.15) is 0 Å². The second kappa shape index (κ2) is 9.09. The molecule has 1 aromatic carbocycles. The SMILES string of the molecule is O=C(O)CCCCCC(=O)N/N=C/c1ccccc1Cl. The Labute approximate surface area is 122 Å². The molecule has 0 aromatic heterocycles. The smallest absolute Gasteiger partial charge is 0.303 e. The first-order chi connectivity index (χ1) is 9.59. The molecule has 20 heavy (non-hydrogen) atoms. The third-order valence-electron chi connectivity index (χ3n) is 2.59. The van der Waals surface area contributed by atoms with Gasteiger partial charge in [-0.3, -0.25) is 9.59 Å². The van der Waals surface area contributed by atoms with Gasteiger partial charge in [-0.25, -0.2) is 5.43 Å². The summed E-state index contributed by atoms with van der Waals surface area (Å²) in [5, 5.41) is 12.9. The van der Waals surface area contributed by atoms with E-state index in [1.54, 1.807) is 12.1 Å². The van der Waals surface area contributed by atoms with Crippen LogP contribution in [0.1, 0.15) is 37.7 Å². The van der Waals surface area contributed by atoms with E-state index in [2.05, 4.69) is 10.5 Å². The number of benzene rings is 1. The number of hydrogen-bond donors (Lipinski definition) is 2. The molecule has 5 nitrogen and oxygen atoms in total. The van der Waals surface area contributed by atoms with Crippen LogP contribution in [0.25, 0.3) is 0 Å². The molecule has 0 atom stereocenters. The summed E-state index contributed by atoms with van der Waals surface area (Å²) in [7, 11) is 0. The number of carbonyl (C=O) groups excluding carboxylic acids is 1. The van der Waals surface area contributed by atoms with Gasteiger partial charge < -0.3 is 5.11 Å². The van der Waals surface area contributed by atoms with E-state index in [1.807, 2.05) is 12.1 Å². The van der Waals surface area contributed by atoms with Gasteiger partial charge in [0.05, 0.1) is 6.21 Å². The maximum absolute atomic E-state index is 11.4. The fourth-order valence-electron chi connectivity index (χ4n) is 1.55. The van der Waals surface area contributed by atoms with Crippen molar-refractivity contribution < 1.29 is 14.7 Å². The van der Waals surface area contributed by atoms with E-state index in [0.717, 1.165) is 5.56 Å². The minimum Gasteiger partial charge on any atom is -0.481 e. The number of nitrogens with zero attached hydrogens (tertiary/aromatic N) is 1. The number of carboxylic acid groups (broad SMARTS) is 1. The van der Waals surface area contributed by atoms with Crippen LogP contribution in [0.3, 0.4) is 0 Å². The molecule has 2 N–H and O–H groups in total. The molecule has 1 amide bonds. The van der Waals surface area contributed by atoms with Gasteiger partial charge in [0, 0.05) is 23.4 Å². The van der Waals surface area contributed by atoms with E-state index in [0.29, 0.717) is 30.7 Å². The molecule has 0 unspecified atom stereocenters. The first-order valence-electron chi connectivity index (χ1n) is 6.38. The second-order valence-corrected chi connectivity index (χ2v) is 4.68. The second-order valence-electron chi connectivity index (χ2n) is 4.27. The quantitative estimate of drug-likeness (QED) is 0.440. The van der Waals surface area contributed by atoms with Crippen LogP contribution in [-0.2, 0) is 9.59 Å². The predicted octanol–water partition coefficient (Wildman–Crippen LogP) is 2.83. The fraction of sp³-hybridized carbons (Fsp3) is 0.357. The normalized spacial score (nSPS) is 10.7. The molecule has 108 valence electrons. The number of carbonyl (C=O) groups is 2. The van der Waals surface area contributed by atoms with Gasteiger partial charge in [-0.05, 0) is 18.9 Å². The summed E-state index contributed by atoms with van der Waals surface area (Å²) in [4.78, 5) is 21.7. The summed E-state index contributed by atoms with van der Waals surface area (Å²) in [6, 6.07) is 7.18. The molecule has 1 aromatic rings. The summed E-state index contributed by atoms with van der Waals surface area (Å²) < 4.78 is 0. The van der Waals surface area contributed by atoms with E-state index >= 15 is 0 Å². The van der Waals surface area contributed by atoms with Crippen molar-refractivity contribution >= 4 is 29.7 Å². The highest BCUT2D eigenvalue weighted by molar-refractivity contribution is 6.33. The van der Waals surface area contributed by atoms with Gasteiger partial charge in [-0.2, -0.15) is 5.10 Å². The summed E-state index contributed by atoms with van der Waals surface area (Å²) in [5.41, 5.74) is 3.15. The lowest BCUT2D eigenvalue weighted by Gasteiger charge is -2.00. The van der Waals surface area contributed by atoms with Crippen LogP contribution in [0.2, 0.25) is 5.02 Å². The molecule has 0 bridgehead atoms. The average molecular weight is 297 g/mol. The Hall–Kier alpha value is -1.88. The van der Waals surface area contributed by atoms with E-state index in [4.69, 9.17) is 16.7 Å². The van der Waals surface area contributed by atoms with Crippen molar-refractivity contribution in [3.8, 4) is 0 Å². The zero-order valence-electron chi connectivity index (χ0n) is 11.0. The maximum atomic E-state index is 11.4. The summed E-state index contributed by atoms with van der Waals surface area (Å²) >= 11 is 5.93. The number of halogens is 1. The molecule has 0 saturated carbocycles. The van der Waals surface area contributed by atoms with Crippen LogP contribution in [0.15, 0.2) is 29.4 Å². The highest BCUT2D eigenvalue weighted by Gasteiger charge is 2.01. The number of hydrogen-bond acceptors (Lipinski definition) is 3. The molecular weight excluding hydrogens is 280 g/mol. The molecule has 0 aliphatic rings. The standard InChI is InChI=1S/C14H17ClN2O3/c15-12-7-5-4-6-11(12)10-16-17-13(18)8-2-1-3-9-14(19)20/h4-7,10H,1-3,8-9H2,(H,17,18)(H,19,20)/b16-10+. The van der Waals surface area contributed by atoms with Gasteiger partial charge in [0.25, 0.3) is 0 Å². The van der Waals surface area contributed by atoms with Gasteiger partial charge in [-0.15, -0.1) is 0 Å². The fourth-order valence-corrected chi connectivity index (χ4v) is 1.73. The largest absolute Gasteiger partial charge is 0.481 e. The van der Waals surface area contributed by atoms with Crippen LogP contribution >= 0.6 is 11.6 Å². The number of nitrogens with one attached hydrogen (secondary N) is 1. The molecule has 0 aliphatic heterocycles. The molecule has 0 fully saturated rings. The molecular formula is C14H17ClN2O3. The van der Waals surface area contributed by atoms with Crippen LogP contribution in [0.4, 0.5) is 0 Å². The first-order valence-corrected chi connectivity index (χ1v) is 6.75. The summed E-state index contributed by atoms with van der Waals surface area (Å²) in [6.45, 7) is 0. The lowest BCUT2D eigenvalue weighted by Crippen LogP contribution is -2.16. The van der Waals surface area contributed by atoms with Gasteiger partial charge in [-0.1, -0.05) is 36.2 Å². The van der Waals surface area contributed by atoms with E-state index < -0.39 is 5.97 Å². The summed E-state index contributed by atoms with van der Waals surface area (Å²) in [5.74, 6) is -0.998. The van der Waals surface area contributed by atoms with Crippen LogP contribution < -0.4 is 5.43 Å². The molecule has 0 spiro atoms. The third-order valence-corrected chi connectivity index (χ3v) is 2.94. The van der Waals surface area contributed by atoms with E-state index in [1.165, 1.54) is 6.21 Å². The van der Waals surface area contributed by atoms with Crippen LogP contribution in [-0.4, -0.2) is 23.2 Å². The van der Waals surface area contributed by atoms with Crippen molar-refractivity contribution in [1.29, 1.82) is 0 Å². The Morgan fingerprint density at radius 3 is 2.60 bits per heavy atom. The van der Waals surface area contributed by atoms with E-state index in [9.17, 15) is 9.59 Å². The molecule has 0 saturated heterocycles. The maximum Gasteiger partial charge on any atom is 0.303 e. The lowest BCUT2D eigenvalue weighted by atomic mass is 10.1. The highest BCUT2D eigenvalue weighted by Crippen LogP contribution is 2.12. The Morgan fingerprint density at radius 2 is 1.90 bits per heavy atom. The zero-order valence-corrected chi connectivity index (χ0v) is 11.8. The Kier molecular flexibility index (Phi) is 7.35. The van der Waals surface area contributed by atoms with Gasteiger partial charge >= 0.3 is 5.97 Å². The Balaban J connectivity index is 2.20. The van der Waals surface area contributed by atoms with Crippen molar-refractivity contribution in [3.05, 3.63) is 34.9 Å². The number of rotatable bonds is 8. The topological polar surface area (TPSA) is 78.8 Å². The predicted molar refractivity (Wildman–Crippen MR) is 77.9 cm³/mol. The first kappa shape index (κ1) is 16.2. The molecule has 0 radical (unpaired) electrons. The minimum atomic E-state index is -0.807. The van der Waals surface area contributed by atoms with Crippen molar-refractivity contribution in [2.24, 2.45) is 5.10 Å². The third kappa shape index (κ3) is 6.89. The van der Waals surface area contributed by atoms with Crippen molar-refractivity contribution in [1.82, 2.24) is 5.43 Å². The van der Waals surface area contributed by atoms with Crippen molar-refractivity contribution in [2.45, 2.75) is 32.1 Å². The zero-order chi connectivity index (χ0) is 14.8. The number of hydrazone groups is 1. The van der Waals surface area contributed by atoms with Crippen LogP contribution in [0.5, 0.6) is 0 Å². The number of unbranched alkanes of at least 4 members (excludes halogenated alkanes) is 2.